The highest BCUT2D eigenvalue weighted by molar-refractivity contribution is 5.12. The van der Waals surface area contributed by atoms with E-state index in [0.29, 0.717) is 0 Å². The van der Waals surface area contributed by atoms with Crippen LogP contribution in [-0.4, -0.2) is 45.6 Å². The number of nitrogens with one attached hydrogen (secondary N) is 1. The van der Waals surface area contributed by atoms with Crippen LogP contribution in [0.15, 0.2) is 6.20 Å². The average Bonchev–Trinajstić information content (AvgIpc) is 2.85. The normalized spacial score (nSPS) is 14.1. The van der Waals surface area contributed by atoms with Crippen LogP contribution in [0.4, 0.5) is 0 Å². The lowest BCUT2D eigenvalue weighted by molar-refractivity contribution is 0.0487. The molecule has 1 aromatic rings. The van der Waals surface area contributed by atoms with Crippen LogP contribution >= 0.6 is 0 Å². The molecule has 0 radical (unpaired) electrons. The molecule has 1 rings (SSSR count). The molecule has 0 fully saturated rings. The van der Waals surface area contributed by atoms with E-state index in [9.17, 15) is 0 Å². The molecule has 0 saturated carbocycles. The van der Waals surface area contributed by atoms with Gasteiger partial charge in [0.1, 0.15) is 0 Å². The average molecular weight is 267 g/mol. The second-order valence-electron chi connectivity index (χ2n) is 4.99. The van der Waals surface area contributed by atoms with Crippen LogP contribution in [0, 0.1) is 0 Å². The summed E-state index contributed by atoms with van der Waals surface area (Å²) in [5.74, 6) is 0. The van der Waals surface area contributed by atoms with E-state index in [4.69, 9.17) is 0 Å². The molecule has 19 heavy (non-hydrogen) atoms. The van der Waals surface area contributed by atoms with Gasteiger partial charge in [-0.15, -0.1) is 5.10 Å². The summed E-state index contributed by atoms with van der Waals surface area (Å²) in [5, 5.41) is 11.6. The summed E-state index contributed by atoms with van der Waals surface area (Å²) in [5.41, 5.74) is 1.26. The highest BCUT2D eigenvalue weighted by Crippen LogP contribution is 2.36. The predicted molar refractivity (Wildman–Crippen MR) is 79.0 cm³/mol. The Hall–Kier alpha value is -0.940. The van der Waals surface area contributed by atoms with Crippen molar-refractivity contribution in [2.45, 2.75) is 52.1 Å². The van der Waals surface area contributed by atoms with Crippen molar-refractivity contribution in [2.75, 3.05) is 20.1 Å². The minimum atomic E-state index is 0.105. The minimum Gasteiger partial charge on any atom is -0.310 e. The SMILES string of the molecule is CCN(CC)C(CC)(CC)C(NC)c1cnnn1C. The van der Waals surface area contributed by atoms with E-state index in [1.54, 1.807) is 0 Å². The van der Waals surface area contributed by atoms with Gasteiger partial charge < -0.3 is 5.32 Å². The van der Waals surface area contributed by atoms with E-state index in [2.05, 4.69) is 48.2 Å². The van der Waals surface area contributed by atoms with Crippen molar-refractivity contribution in [1.29, 1.82) is 0 Å². The summed E-state index contributed by atoms with van der Waals surface area (Å²) in [4.78, 5) is 2.56. The Balaban J connectivity index is 3.25. The first-order valence-electron chi connectivity index (χ1n) is 7.38. The van der Waals surface area contributed by atoms with Crippen LogP contribution in [0.1, 0.15) is 52.3 Å². The van der Waals surface area contributed by atoms with Gasteiger partial charge in [-0.05, 0) is 33.0 Å². The second-order valence-corrected chi connectivity index (χ2v) is 4.99. The van der Waals surface area contributed by atoms with Gasteiger partial charge in [0.05, 0.1) is 17.9 Å². The maximum Gasteiger partial charge on any atom is 0.0772 e. The highest BCUT2D eigenvalue weighted by Gasteiger charge is 2.41. The molecule has 0 aliphatic heterocycles. The zero-order valence-electron chi connectivity index (χ0n) is 13.3. The lowest BCUT2D eigenvalue weighted by Crippen LogP contribution is -2.55. The first kappa shape index (κ1) is 16.1. The number of aromatic nitrogens is 3. The first-order chi connectivity index (χ1) is 9.11. The Morgan fingerprint density at radius 1 is 1.26 bits per heavy atom. The lowest BCUT2D eigenvalue weighted by Gasteiger charge is -2.47. The third kappa shape index (κ3) is 2.82. The first-order valence-corrected chi connectivity index (χ1v) is 7.38. The monoisotopic (exact) mass is 267 g/mol. The zero-order valence-corrected chi connectivity index (χ0v) is 13.3. The van der Waals surface area contributed by atoms with Crippen LogP contribution in [0.3, 0.4) is 0 Å². The molecule has 5 nitrogen and oxygen atoms in total. The summed E-state index contributed by atoms with van der Waals surface area (Å²) in [6.07, 6.45) is 4.08. The van der Waals surface area contributed by atoms with Crippen molar-refractivity contribution in [2.24, 2.45) is 7.05 Å². The Kier molecular flexibility index (Phi) is 5.94. The fourth-order valence-corrected chi connectivity index (χ4v) is 3.39. The van der Waals surface area contributed by atoms with Crippen LogP contribution < -0.4 is 5.32 Å². The zero-order chi connectivity index (χ0) is 14.5. The maximum absolute atomic E-state index is 4.09. The molecule has 1 unspecified atom stereocenters. The summed E-state index contributed by atoms with van der Waals surface area (Å²) < 4.78 is 1.88. The van der Waals surface area contributed by atoms with E-state index in [1.165, 1.54) is 0 Å². The molecule has 0 aliphatic rings. The van der Waals surface area contributed by atoms with Gasteiger partial charge in [0.2, 0.25) is 0 Å². The number of aryl methyl sites for hydroxylation is 1. The molecule has 1 heterocycles. The van der Waals surface area contributed by atoms with Gasteiger partial charge in [-0.1, -0.05) is 32.9 Å². The largest absolute Gasteiger partial charge is 0.310 e. The molecule has 1 atom stereocenters. The van der Waals surface area contributed by atoms with Gasteiger partial charge in [-0.2, -0.15) is 0 Å². The molecule has 0 bridgehead atoms. The summed E-state index contributed by atoms with van der Waals surface area (Å²) >= 11 is 0. The van der Waals surface area contributed by atoms with Gasteiger partial charge in [-0.3, -0.25) is 9.58 Å². The van der Waals surface area contributed by atoms with Gasteiger partial charge >= 0.3 is 0 Å². The third-order valence-corrected chi connectivity index (χ3v) is 4.49. The van der Waals surface area contributed by atoms with E-state index < -0.39 is 0 Å². The highest BCUT2D eigenvalue weighted by atomic mass is 15.4. The Morgan fingerprint density at radius 3 is 2.16 bits per heavy atom. The van der Waals surface area contributed by atoms with Gasteiger partial charge in [0.15, 0.2) is 0 Å². The Bertz CT molecular complexity index is 366. The van der Waals surface area contributed by atoms with Crippen LogP contribution in [0.2, 0.25) is 0 Å². The quantitative estimate of drug-likeness (QED) is 0.782. The molecule has 1 aromatic heterocycles. The van der Waals surface area contributed by atoms with Crippen molar-refractivity contribution in [3.63, 3.8) is 0 Å². The van der Waals surface area contributed by atoms with E-state index in [0.717, 1.165) is 31.6 Å². The molecule has 0 saturated heterocycles. The number of hydrogen-bond acceptors (Lipinski definition) is 4. The number of rotatable bonds is 8. The molecule has 0 aromatic carbocycles. The summed E-state index contributed by atoms with van der Waals surface area (Å²) in [7, 11) is 3.99. The van der Waals surface area contributed by atoms with Gasteiger partial charge in [0.25, 0.3) is 0 Å². The maximum atomic E-state index is 4.09. The lowest BCUT2D eigenvalue weighted by atomic mass is 9.81. The third-order valence-electron chi connectivity index (χ3n) is 4.49. The van der Waals surface area contributed by atoms with Crippen molar-refractivity contribution >= 4 is 0 Å². The van der Waals surface area contributed by atoms with Gasteiger partial charge in [0, 0.05) is 12.6 Å². The van der Waals surface area contributed by atoms with Crippen LogP contribution in [0.25, 0.3) is 0 Å². The second kappa shape index (κ2) is 7.01. The van der Waals surface area contributed by atoms with Crippen molar-refractivity contribution in [1.82, 2.24) is 25.2 Å². The molecule has 0 spiro atoms. The van der Waals surface area contributed by atoms with E-state index in [-0.39, 0.29) is 11.6 Å². The molecule has 0 amide bonds. The molecule has 1 N–H and O–H groups in total. The van der Waals surface area contributed by atoms with Crippen molar-refractivity contribution in [3.05, 3.63) is 11.9 Å². The number of nitrogens with zero attached hydrogens (tertiary/aromatic N) is 4. The smallest absolute Gasteiger partial charge is 0.0772 e. The Labute approximate surface area is 117 Å². The van der Waals surface area contributed by atoms with Crippen molar-refractivity contribution < 1.29 is 0 Å². The molecule has 110 valence electrons. The topological polar surface area (TPSA) is 46.0 Å². The van der Waals surface area contributed by atoms with Crippen molar-refractivity contribution in [3.8, 4) is 0 Å². The predicted octanol–water partition coefficient (Wildman–Crippen LogP) is 1.98. The number of likely N-dealkylation sites (N-methyl/N-ethyl adjacent to an activating group) is 2. The molecular formula is C14H29N5. The van der Waals surface area contributed by atoms with E-state index in [1.807, 2.05) is 25.0 Å². The molecular weight excluding hydrogens is 238 g/mol. The fraction of sp³-hybridized carbons (Fsp3) is 0.857. The standard InChI is InChI=1S/C14H29N5/c1-7-14(8-2,19(9-3)10-4)13(15-5)12-11-16-17-18(12)6/h11,13,15H,7-10H2,1-6H3. The minimum absolute atomic E-state index is 0.105. The fourth-order valence-electron chi connectivity index (χ4n) is 3.39. The van der Waals surface area contributed by atoms with E-state index >= 15 is 0 Å². The summed E-state index contributed by atoms with van der Waals surface area (Å²) in [6, 6.07) is 0.238. The molecule has 5 heteroatoms. The molecule has 0 aliphatic carbocycles. The van der Waals surface area contributed by atoms with Gasteiger partial charge in [-0.25, -0.2) is 0 Å². The summed E-state index contributed by atoms with van der Waals surface area (Å²) in [6.45, 7) is 11.1. The number of hydrogen-bond donors (Lipinski definition) is 1. The van der Waals surface area contributed by atoms with Crippen LogP contribution in [0.5, 0.6) is 0 Å². The van der Waals surface area contributed by atoms with Crippen LogP contribution in [-0.2, 0) is 7.05 Å². The Morgan fingerprint density at radius 2 is 1.84 bits per heavy atom.